The zero-order valence-corrected chi connectivity index (χ0v) is 15.5. The second-order valence-electron chi connectivity index (χ2n) is 7.70. The molecule has 3 N–H and O–H groups in total. The lowest BCUT2D eigenvalue weighted by Gasteiger charge is -2.25. The third-order valence-electron chi connectivity index (χ3n) is 6.25. The Morgan fingerprint density at radius 1 is 1.38 bits per heavy atom. The first kappa shape index (κ1) is 17.6. The highest BCUT2D eigenvalue weighted by Gasteiger charge is 2.60. The Labute approximate surface area is 157 Å². The van der Waals surface area contributed by atoms with Gasteiger partial charge in [-0.2, -0.15) is 0 Å². The Morgan fingerprint density at radius 2 is 2.15 bits per heavy atom. The smallest absolute Gasteiger partial charge is 0.334 e. The molecule has 138 valence electrons. The monoisotopic (exact) mass is 374 g/mol. The second-order valence-corrected chi connectivity index (χ2v) is 8.07. The summed E-state index contributed by atoms with van der Waals surface area (Å²) in [5.41, 5.74) is 7.70. The van der Waals surface area contributed by atoms with Gasteiger partial charge in [-0.3, -0.25) is 4.79 Å². The third-order valence-corrected chi connectivity index (χ3v) is 6.79. The zero-order valence-electron chi connectivity index (χ0n) is 14.8. The number of esters is 1. The Kier molecular flexibility index (Phi) is 4.32. The number of rotatable bonds is 5. The topological polar surface area (TPSA) is 81.4 Å². The van der Waals surface area contributed by atoms with Crippen LogP contribution >= 0.6 is 11.6 Å². The molecule has 0 aromatic heterocycles. The fraction of sp³-hybridized carbons (Fsp3) is 0.500. The number of amides is 1. The molecule has 1 saturated carbocycles. The maximum atomic E-state index is 12.6. The van der Waals surface area contributed by atoms with Crippen LogP contribution in [0.1, 0.15) is 30.4 Å². The molecule has 1 aliphatic heterocycles. The number of hydrogen-bond donors (Lipinski definition) is 2. The maximum Gasteiger partial charge on any atom is 0.334 e. The van der Waals surface area contributed by atoms with Gasteiger partial charge in [0.2, 0.25) is 5.91 Å². The van der Waals surface area contributed by atoms with Crippen molar-refractivity contribution in [2.75, 3.05) is 6.54 Å². The predicted octanol–water partition coefficient (Wildman–Crippen LogP) is 2.49. The number of allylic oxidation sites excluding steroid dienone is 1. The molecule has 26 heavy (non-hydrogen) atoms. The van der Waals surface area contributed by atoms with Crippen molar-refractivity contribution in [3.05, 3.63) is 46.0 Å². The largest absolute Gasteiger partial charge is 0.457 e. The number of nitrogens with two attached hydrogens (primary N) is 1. The molecule has 3 aliphatic rings. The van der Waals surface area contributed by atoms with E-state index in [1.54, 1.807) is 0 Å². The van der Waals surface area contributed by atoms with Crippen molar-refractivity contribution in [1.82, 2.24) is 5.32 Å². The molecule has 3 atom stereocenters. The van der Waals surface area contributed by atoms with Gasteiger partial charge in [-0.1, -0.05) is 35.9 Å². The van der Waals surface area contributed by atoms with Crippen molar-refractivity contribution < 1.29 is 14.3 Å². The van der Waals surface area contributed by atoms with Gasteiger partial charge in [0.05, 0.1) is 10.4 Å². The summed E-state index contributed by atoms with van der Waals surface area (Å²) in [7, 11) is 0. The number of carbonyl (C=O) groups is 2. The summed E-state index contributed by atoms with van der Waals surface area (Å²) in [6, 6.07) is 5.76. The average Bonchev–Trinajstić information content (AvgIpc) is 3.14. The van der Waals surface area contributed by atoms with Crippen LogP contribution in [0, 0.1) is 24.2 Å². The quantitative estimate of drug-likeness (QED) is 0.776. The Bertz CT molecular complexity index is 800. The summed E-state index contributed by atoms with van der Waals surface area (Å²) in [6.45, 7) is 2.78. The van der Waals surface area contributed by atoms with E-state index in [2.05, 4.69) is 5.32 Å². The number of ether oxygens (including phenoxy) is 1. The predicted molar refractivity (Wildman–Crippen MR) is 98.3 cm³/mol. The summed E-state index contributed by atoms with van der Waals surface area (Å²) in [6.07, 6.45) is 4.44. The van der Waals surface area contributed by atoms with E-state index >= 15 is 0 Å². The van der Waals surface area contributed by atoms with Crippen LogP contribution < -0.4 is 11.1 Å². The molecule has 3 unspecified atom stereocenters. The highest BCUT2D eigenvalue weighted by atomic mass is 35.5. The number of primary amides is 1. The number of hydrogen-bond acceptors (Lipinski definition) is 4. The van der Waals surface area contributed by atoms with E-state index < -0.39 is 5.41 Å². The standard InChI is InChI=1S/C20H23ClN2O3/c1-11-3-2-4-12(16(11)21)10-26-18(24)14-6-5-13-15(14)9-23-17(13)20(7-8-20)19(22)25/h2-4,6,13,15,17,23H,5,7-10H2,1H3,(H2,22,25). The van der Waals surface area contributed by atoms with Gasteiger partial charge in [-0.15, -0.1) is 0 Å². The summed E-state index contributed by atoms with van der Waals surface area (Å²) < 4.78 is 5.53. The van der Waals surface area contributed by atoms with Gasteiger partial charge in [0, 0.05) is 29.6 Å². The lowest BCUT2D eigenvalue weighted by molar-refractivity contribution is -0.140. The van der Waals surface area contributed by atoms with Gasteiger partial charge in [0.1, 0.15) is 6.61 Å². The zero-order chi connectivity index (χ0) is 18.5. The Morgan fingerprint density at radius 3 is 2.85 bits per heavy atom. The van der Waals surface area contributed by atoms with Crippen LogP contribution in [0.4, 0.5) is 0 Å². The first-order chi connectivity index (χ1) is 12.4. The first-order valence-corrected chi connectivity index (χ1v) is 9.46. The lowest BCUT2D eigenvalue weighted by Crippen LogP contribution is -2.44. The molecular weight excluding hydrogens is 352 g/mol. The molecule has 2 fully saturated rings. The maximum absolute atomic E-state index is 12.6. The molecular formula is C20H23ClN2O3. The van der Waals surface area contributed by atoms with Crippen LogP contribution in [0.2, 0.25) is 5.02 Å². The third kappa shape index (κ3) is 2.74. The van der Waals surface area contributed by atoms with Crippen molar-refractivity contribution in [3.8, 4) is 0 Å². The van der Waals surface area contributed by atoms with Gasteiger partial charge in [-0.05, 0) is 37.7 Å². The second kappa shape index (κ2) is 6.39. The molecule has 1 saturated heterocycles. The van der Waals surface area contributed by atoms with Gasteiger partial charge in [0.15, 0.2) is 0 Å². The van der Waals surface area contributed by atoms with Crippen molar-refractivity contribution in [3.63, 3.8) is 0 Å². The van der Waals surface area contributed by atoms with E-state index in [4.69, 9.17) is 22.1 Å². The molecule has 4 rings (SSSR count). The van der Waals surface area contributed by atoms with Crippen LogP contribution in [0.25, 0.3) is 0 Å². The van der Waals surface area contributed by atoms with E-state index in [0.29, 0.717) is 17.1 Å². The van der Waals surface area contributed by atoms with Gasteiger partial charge >= 0.3 is 5.97 Å². The van der Waals surface area contributed by atoms with Crippen molar-refractivity contribution >= 4 is 23.5 Å². The van der Waals surface area contributed by atoms with Crippen molar-refractivity contribution in [1.29, 1.82) is 0 Å². The SMILES string of the molecule is Cc1cccc(COC(=O)C2=CCC3C2CNC3C2(C(N)=O)CC2)c1Cl. The van der Waals surface area contributed by atoms with E-state index in [1.165, 1.54) is 0 Å². The highest BCUT2D eigenvalue weighted by molar-refractivity contribution is 6.32. The number of aryl methyl sites for hydroxylation is 1. The lowest BCUT2D eigenvalue weighted by atomic mass is 9.81. The molecule has 1 aromatic carbocycles. The highest BCUT2D eigenvalue weighted by Crippen LogP contribution is 2.55. The number of carbonyl (C=O) groups excluding carboxylic acids is 2. The minimum atomic E-state index is -0.415. The number of benzene rings is 1. The first-order valence-electron chi connectivity index (χ1n) is 9.08. The minimum absolute atomic E-state index is 0.0674. The van der Waals surface area contributed by atoms with Crippen LogP contribution in [-0.2, 0) is 20.9 Å². The molecule has 2 aliphatic carbocycles. The average molecular weight is 375 g/mol. The fourth-order valence-electron chi connectivity index (χ4n) is 4.58. The molecule has 0 radical (unpaired) electrons. The Balaban J connectivity index is 1.41. The number of nitrogens with one attached hydrogen (secondary N) is 1. The van der Waals surface area contributed by atoms with E-state index in [-0.39, 0.29) is 36.4 Å². The number of fused-ring (bicyclic) bond motifs is 1. The Hall–Kier alpha value is -1.85. The number of halogens is 1. The van der Waals surface area contributed by atoms with Gasteiger partial charge in [-0.25, -0.2) is 4.79 Å². The van der Waals surface area contributed by atoms with E-state index in [1.807, 2.05) is 31.2 Å². The summed E-state index contributed by atoms with van der Waals surface area (Å²) >= 11 is 6.27. The fourth-order valence-corrected chi connectivity index (χ4v) is 4.76. The summed E-state index contributed by atoms with van der Waals surface area (Å²) in [5.74, 6) is -0.172. The molecule has 5 nitrogen and oxygen atoms in total. The molecule has 6 heteroatoms. The molecule has 1 heterocycles. The normalized spacial score (nSPS) is 28.4. The van der Waals surface area contributed by atoms with E-state index in [0.717, 1.165) is 30.4 Å². The summed E-state index contributed by atoms with van der Waals surface area (Å²) in [5, 5.41) is 4.08. The van der Waals surface area contributed by atoms with Gasteiger partial charge in [0.25, 0.3) is 0 Å². The van der Waals surface area contributed by atoms with Crippen molar-refractivity contribution in [2.45, 2.75) is 38.8 Å². The van der Waals surface area contributed by atoms with Crippen LogP contribution in [0.5, 0.6) is 0 Å². The minimum Gasteiger partial charge on any atom is -0.457 e. The van der Waals surface area contributed by atoms with Crippen LogP contribution in [0.15, 0.2) is 29.8 Å². The molecule has 0 bridgehead atoms. The summed E-state index contributed by atoms with van der Waals surface area (Å²) in [4.78, 5) is 24.5. The van der Waals surface area contributed by atoms with Crippen LogP contribution in [0.3, 0.4) is 0 Å². The molecule has 0 spiro atoms. The molecule has 1 amide bonds. The van der Waals surface area contributed by atoms with Gasteiger partial charge < -0.3 is 15.8 Å². The van der Waals surface area contributed by atoms with Crippen molar-refractivity contribution in [2.24, 2.45) is 23.0 Å². The van der Waals surface area contributed by atoms with Crippen LogP contribution in [-0.4, -0.2) is 24.5 Å². The molecule has 1 aromatic rings. The van der Waals surface area contributed by atoms with E-state index in [9.17, 15) is 9.59 Å².